The van der Waals surface area contributed by atoms with E-state index >= 15 is 0 Å². The average molecular weight is 392 g/mol. The summed E-state index contributed by atoms with van der Waals surface area (Å²) in [4.78, 5) is 47.2. The van der Waals surface area contributed by atoms with E-state index in [4.69, 9.17) is 10.8 Å². The van der Waals surface area contributed by atoms with Crippen LogP contribution in [0.25, 0.3) is 0 Å². The summed E-state index contributed by atoms with van der Waals surface area (Å²) in [5.74, 6) is -2.78. The van der Waals surface area contributed by atoms with Gasteiger partial charge < -0.3 is 31.9 Å². The Labute approximate surface area is 156 Å². The van der Waals surface area contributed by atoms with Crippen LogP contribution in [0.1, 0.15) is 27.2 Å². The molecule has 0 bridgehead atoms. The number of carboxylic acid groups (broad SMARTS) is 1. The standard InChI is InChI=1S/C15H28N4O6S/c1-7(16)12(21)17-8(2)13(22)19-11(9(3)20)14(23)18-10(15(24)25)5-6-26-4/h7-11,20H,5-6,16H2,1-4H3,(H,17,21)(H,18,23)(H,19,22)(H,24,25). The summed E-state index contributed by atoms with van der Waals surface area (Å²) in [5.41, 5.74) is 5.40. The molecule has 10 nitrogen and oxygen atoms in total. The van der Waals surface area contributed by atoms with Gasteiger partial charge >= 0.3 is 5.97 Å². The van der Waals surface area contributed by atoms with Gasteiger partial charge in [-0.15, -0.1) is 0 Å². The number of amides is 3. The van der Waals surface area contributed by atoms with Crippen LogP contribution < -0.4 is 21.7 Å². The third-order valence-corrected chi connectivity index (χ3v) is 4.10. The van der Waals surface area contributed by atoms with Crippen LogP contribution in [0.5, 0.6) is 0 Å². The van der Waals surface area contributed by atoms with E-state index in [-0.39, 0.29) is 6.42 Å². The normalized spacial score (nSPS) is 16.5. The zero-order valence-electron chi connectivity index (χ0n) is 15.3. The first-order valence-electron chi connectivity index (χ1n) is 8.07. The number of carbonyl (C=O) groups excluding carboxylic acids is 3. The lowest BCUT2D eigenvalue weighted by molar-refractivity contribution is -0.143. The van der Waals surface area contributed by atoms with E-state index in [0.717, 1.165) is 0 Å². The Kier molecular flexibility index (Phi) is 10.9. The number of carbonyl (C=O) groups is 4. The van der Waals surface area contributed by atoms with Gasteiger partial charge in [-0.3, -0.25) is 14.4 Å². The van der Waals surface area contributed by atoms with E-state index in [1.54, 1.807) is 6.26 Å². The van der Waals surface area contributed by atoms with Gasteiger partial charge in [0.1, 0.15) is 18.1 Å². The fraction of sp³-hybridized carbons (Fsp3) is 0.733. The van der Waals surface area contributed by atoms with Gasteiger partial charge in [-0.2, -0.15) is 11.8 Å². The van der Waals surface area contributed by atoms with Crippen LogP contribution in [0.2, 0.25) is 0 Å². The molecule has 0 radical (unpaired) electrons. The maximum absolute atomic E-state index is 12.3. The molecule has 3 amide bonds. The molecule has 0 aromatic carbocycles. The number of nitrogens with two attached hydrogens (primary N) is 1. The van der Waals surface area contributed by atoms with Gasteiger partial charge in [0, 0.05) is 0 Å². The average Bonchev–Trinajstić information content (AvgIpc) is 2.54. The van der Waals surface area contributed by atoms with Crippen LogP contribution in [0.3, 0.4) is 0 Å². The van der Waals surface area contributed by atoms with Gasteiger partial charge in [0.25, 0.3) is 0 Å². The molecule has 0 heterocycles. The van der Waals surface area contributed by atoms with E-state index in [1.165, 1.54) is 32.5 Å². The van der Waals surface area contributed by atoms with Crippen LogP contribution >= 0.6 is 11.8 Å². The second kappa shape index (κ2) is 11.7. The van der Waals surface area contributed by atoms with E-state index < -0.39 is 54.0 Å². The Hall–Kier alpha value is -1.85. The number of carboxylic acids is 1. The maximum Gasteiger partial charge on any atom is 0.326 e. The molecule has 7 N–H and O–H groups in total. The van der Waals surface area contributed by atoms with Gasteiger partial charge in [0.15, 0.2) is 0 Å². The molecule has 0 aliphatic carbocycles. The molecule has 0 fully saturated rings. The van der Waals surface area contributed by atoms with Crippen molar-refractivity contribution >= 4 is 35.5 Å². The van der Waals surface area contributed by atoms with E-state index in [2.05, 4.69) is 16.0 Å². The SMILES string of the molecule is CSCCC(NC(=O)C(NC(=O)C(C)NC(=O)C(C)N)C(C)O)C(=O)O. The molecule has 0 aromatic heterocycles. The highest BCUT2D eigenvalue weighted by molar-refractivity contribution is 7.98. The second-order valence-electron chi connectivity index (χ2n) is 5.93. The number of hydrogen-bond acceptors (Lipinski definition) is 7. The first-order valence-corrected chi connectivity index (χ1v) is 9.47. The number of nitrogens with one attached hydrogen (secondary N) is 3. The third-order valence-electron chi connectivity index (χ3n) is 3.45. The Morgan fingerprint density at radius 2 is 1.58 bits per heavy atom. The lowest BCUT2D eigenvalue weighted by Crippen LogP contribution is -2.59. The van der Waals surface area contributed by atoms with Crippen LogP contribution in [-0.4, -0.2) is 76.2 Å². The highest BCUT2D eigenvalue weighted by Crippen LogP contribution is 2.03. The van der Waals surface area contributed by atoms with Crippen molar-refractivity contribution < 1.29 is 29.4 Å². The summed E-state index contributed by atoms with van der Waals surface area (Å²) in [7, 11) is 0. The lowest BCUT2D eigenvalue weighted by atomic mass is 10.1. The van der Waals surface area contributed by atoms with Crippen molar-refractivity contribution in [2.45, 2.75) is 57.5 Å². The maximum atomic E-state index is 12.3. The predicted molar refractivity (Wildman–Crippen MR) is 97.4 cm³/mol. The molecule has 5 atom stereocenters. The number of hydrogen-bond donors (Lipinski definition) is 6. The Bertz CT molecular complexity index is 514. The van der Waals surface area contributed by atoms with Gasteiger partial charge in [0.2, 0.25) is 17.7 Å². The zero-order valence-corrected chi connectivity index (χ0v) is 16.1. The molecule has 0 saturated carbocycles. The Morgan fingerprint density at radius 3 is 2.00 bits per heavy atom. The fourth-order valence-electron chi connectivity index (χ4n) is 1.85. The predicted octanol–water partition coefficient (Wildman–Crippen LogP) is -1.97. The molecule has 0 spiro atoms. The minimum atomic E-state index is -1.37. The zero-order chi connectivity index (χ0) is 20.4. The highest BCUT2D eigenvalue weighted by atomic mass is 32.2. The van der Waals surface area contributed by atoms with Crippen LogP contribution in [0, 0.1) is 0 Å². The number of rotatable bonds is 11. The summed E-state index contributed by atoms with van der Waals surface area (Å²) >= 11 is 1.43. The van der Waals surface area contributed by atoms with Crippen molar-refractivity contribution in [2.24, 2.45) is 5.73 Å². The molecular weight excluding hydrogens is 364 g/mol. The Balaban J connectivity index is 4.95. The molecule has 11 heteroatoms. The minimum absolute atomic E-state index is 0.198. The van der Waals surface area contributed by atoms with Crippen molar-refractivity contribution in [2.75, 3.05) is 12.0 Å². The van der Waals surface area contributed by atoms with Crippen molar-refractivity contribution in [1.82, 2.24) is 16.0 Å². The largest absolute Gasteiger partial charge is 0.480 e. The minimum Gasteiger partial charge on any atom is -0.480 e. The topological polar surface area (TPSA) is 171 Å². The monoisotopic (exact) mass is 392 g/mol. The summed E-state index contributed by atoms with van der Waals surface area (Å²) < 4.78 is 0. The van der Waals surface area contributed by atoms with Crippen LogP contribution in [0.4, 0.5) is 0 Å². The molecule has 0 aliphatic rings. The number of thioether (sulfide) groups is 1. The molecule has 150 valence electrons. The molecule has 26 heavy (non-hydrogen) atoms. The van der Waals surface area contributed by atoms with Gasteiger partial charge in [-0.05, 0) is 39.2 Å². The van der Waals surface area contributed by atoms with Gasteiger partial charge in [0.05, 0.1) is 12.1 Å². The number of aliphatic hydroxyl groups excluding tert-OH is 1. The van der Waals surface area contributed by atoms with Crippen LogP contribution in [-0.2, 0) is 19.2 Å². The smallest absolute Gasteiger partial charge is 0.326 e. The summed E-state index contributed by atoms with van der Waals surface area (Å²) in [6, 6.07) is -4.31. The van der Waals surface area contributed by atoms with Crippen molar-refractivity contribution in [3.63, 3.8) is 0 Å². The first-order chi connectivity index (χ1) is 12.0. The van der Waals surface area contributed by atoms with Crippen molar-refractivity contribution in [1.29, 1.82) is 0 Å². The third kappa shape index (κ3) is 8.50. The van der Waals surface area contributed by atoms with E-state index in [9.17, 15) is 24.3 Å². The first kappa shape index (κ1) is 24.1. The quantitative estimate of drug-likeness (QED) is 0.235. The summed E-state index contributed by atoms with van der Waals surface area (Å²) in [5, 5.41) is 25.9. The molecule has 0 saturated heterocycles. The van der Waals surface area contributed by atoms with Gasteiger partial charge in [-0.1, -0.05) is 0 Å². The Morgan fingerprint density at radius 1 is 1.00 bits per heavy atom. The molecular formula is C15H28N4O6S. The number of aliphatic hydroxyl groups is 1. The highest BCUT2D eigenvalue weighted by Gasteiger charge is 2.31. The van der Waals surface area contributed by atoms with Crippen molar-refractivity contribution in [3.8, 4) is 0 Å². The molecule has 5 unspecified atom stereocenters. The summed E-state index contributed by atoms with van der Waals surface area (Å²) in [6.07, 6.45) is 0.728. The number of aliphatic carboxylic acids is 1. The lowest BCUT2D eigenvalue weighted by Gasteiger charge is -2.25. The van der Waals surface area contributed by atoms with Gasteiger partial charge in [-0.25, -0.2) is 4.79 Å². The molecule has 0 rings (SSSR count). The second-order valence-corrected chi connectivity index (χ2v) is 6.91. The van der Waals surface area contributed by atoms with E-state index in [1.807, 2.05) is 0 Å². The fourth-order valence-corrected chi connectivity index (χ4v) is 2.32. The van der Waals surface area contributed by atoms with Crippen molar-refractivity contribution in [3.05, 3.63) is 0 Å². The molecule has 0 aromatic rings. The summed E-state index contributed by atoms with van der Waals surface area (Å²) in [6.45, 7) is 4.13. The van der Waals surface area contributed by atoms with Crippen LogP contribution in [0.15, 0.2) is 0 Å². The molecule has 0 aliphatic heterocycles. The van der Waals surface area contributed by atoms with E-state index in [0.29, 0.717) is 5.75 Å².